The summed E-state index contributed by atoms with van der Waals surface area (Å²) in [5.74, 6) is -2.30. The first-order valence-electron chi connectivity index (χ1n) is 5.61. The highest BCUT2D eigenvalue weighted by Gasteiger charge is 2.07. The lowest BCUT2D eigenvalue weighted by Crippen LogP contribution is -2.18. The number of hydrazone groups is 1. The van der Waals surface area contributed by atoms with Crippen molar-refractivity contribution in [2.45, 2.75) is 0 Å². The number of benzene rings is 2. The highest BCUT2D eigenvalue weighted by molar-refractivity contribution is 9.10. The molecule has 2 aromatic rings. The van der Waals surface area contributed by atoms with Gasteiger partial charge < -0.3 is 0 Å². The zero-order valence-electron chi connectivity index (χ0n) is 10.1. The molecule has 0 atom stereocenters. The van der Waals surface area contributed by atoms with Crippen LogP contribution in [-0.4, -0.2) is 12.1 Å². The van der Waals surface area contributed by atoms with Gasteiger partial charge in [0.25, 0.3) is 5.91 Å². The molecule has 2 aromatic carbocycles. The summed E-state index contributed by atoms with van der Waals surface area (Å²) in [5, 5.41) is 3.70. The van der Waals surface area contributed by atoms with Gasteiger partial charge in [-0.05, 0) is 45.8 Å². The van der Waals surface area contributed by atoms with Gasteiger partial charge in [0, 0.05) is 4.47 Å². The number of halogens is 3. The Morgan fingerprint density at radius 1 is 1.15 bits per heavy atom. The van der Waals surface area contributed by atoms with Crippen molar-refractivity contribution in [3.63, 3.8) is 0 Å². The van der Waals surface area contributed by atoms with Crippen molar-refractivity contribution in [1.29, 1.82) is 0 Å². The summed E-state index contributed by atoms with van der Waals surface area (Å²) >= 11 is 3.25. The van der Waals surface area contributed by atoms with Gasteiger partial charge in [0.2, 0.25) is 0 Å². The van der Waals surface area contributed by atoms with E-state index in [9.17, 15) is 13.6 Å². The number of rotatable bonds is 3. The number of amides is 1. The number of nitrogens with zero attached hydrogens (tertiary/aromatic N) is 1. The van der Waals surface area contributed by atoms with Crippen LogP contribution in [0.3, 0.4) is 0 Å². The predicted octanol–water partition coefficient (Wildman–Crippen LogP) is 3.49. The summed E-state index contributed by atoms with van der Waals surface area (Å²) < 4.78 is 26.3. The second kappa shape index (κ2) is 6.38. The van der Waals surface area contributed by atoms with E-state index >= 15 is 0 Å². The predicted molar refractivity (Wildman–Crippen MR) is 75.6 cm³/mol. The molecule has 0 heterocycles. The molecule has 0 aliphatic heterocycles. The summed E-state index contributed by atoms with van der Waals surface area (Å²) in [6.07, 6.45) is 1.23. The van der Waals surface area contributed by atoms with Crippen LogP contribution < -0.4 is 5.43 Å². The molecular formula is C14H9BrF2N2O. The zero-order valence-corrected chi connectivity index (χ0v) is 11.7. The maximum absolute atomic E-state index is 13.0. The van der Waals surface area contributed by atoms with Crippen LogP contribution >= 0.6 is 15.9 Å². The largest absolute Gasteiger partial charge is 0.272 e. The summed E-state index contributed by atoms with van der Waals surface area (Å²) in [4.78, 5) is 11.8. The van der Waals surface area contributed by atoms with Crippen molar-refractivity contribution in [1.82, 2.24) is 5.43 Å². The highest BCUT2D eigenvalue weighted by atomic mass is 79.9. The second-order valence-corrected chi connectivity index (χ2v) is 4.71. The number of hydrogen-bond donors (Lipinski definition) is 1. The summed E-state index contributed by atoms with van der Waals surface area (Å²) in [5.41, 5.74) is 3.08. The van der Waals surface area contributed by atoms with E-state index in [-0.39, 0.29) is 0 Å². The molecule has 0 bridgehead atoms. The van der Waals surface area contributed by atoms with Crippen LogP contribution in [0.5, 0.6) is 0 Å². The van der Waals surface area contributed by atoms with Crippen LogP contribution in [0, 0.1) is 11.6 Å². The Bertz CT molecular complexity index is 674. The Morgan fingerprint density at radius 3 is 2.60 bits per heavy atom. The van der Waals surface area contributed by atoms with E-state index in [2.05, 4.69) is 26.5 Å². The van der Waals surface area contributed by atoms with Crippen LogP contribution in [0.25, 0.3) is 0 Å². The molecule has 102 valence electrons. The maximum Gasteiger partial charge on any atom is 0.272 e. The Hall–Kier alpha value is -2.08. The molecular weight excluding hydrogens is 330 g/mol. The molecule has 0 saturated carbocycles. The van der Waals surface area contributed by atoms with Gasteiger partial charge in [0.15, 0.2) is 11.6 Å². The third kappa shape index (κ3) is 3.48. The van der Waals surface area contributed by atoms with Crippen LogP contribution in [0.15, 0.2) is 52.0 Å². The van der Waals surface area contributed by atoms with E-state index < -0.39 is 17.5 Å². The lowest BCUT2D eigenvalue weighted by atomic mass is 10.2. The topological polar surface area (TPSA) is 41.5 Å². The molecule has 1 N–H and O–H groups in total. The molecule has 0 radical (unpaired) electrons. The highest BCUT2D eigenvalue weighted by Crippen LogP contribution is 2.15. The standard InChI is InChI=1S/C14H9BrF2N2O/c15-11-4-2-1-3-10(11)14(20)19-18-8-9-5-6-12(16)13(17)7-9/h1-8H,(H,19,20)/b18-8+. The van der Waals surface area contributed by atoms with E-state index in [0.717, 1.165) is 12.1 Å². The van der Waals surface area contributed by atoms with Crippen LogP contribution in [0.1, 0.15) is 15.9 Å². The molecule has 6 heteroatoms. The SMILES string of the molecule is O=C(N/N=C/c1ccc(F)c(F)c1)c1ccccc1Br. The van der Waals surface area contributed by atoms with Gasteiger partial charge in [-0.25, -0.2) is 14.2 Å². The number of carbonyl (C=O) groups excluding carboxylic acids is 1. The van der Waals surface area contributed by atoms with E-state index in [1.807, 2.05) is 0 Å². The number of carbonyl (C=O) groups is 1. The van der Waals surface area contributed by atoms with Crippen molar-refractivity contribution in [2.75, 3.05) is 0 Å². The van der Waals surface area contributed by atoms with Crippen molar-refractivity contribution in [3.8, 4) is 0 Å². The first-order valence-corrected chi connectivity index (χ1v) is 6.40. The first-order chi connectivity index (χ1) is 9.58. The molecule has 1 amide bonds. The van der Waals surface area contributed by atoms with E-state index in [4.69, 9.17) is 0 Å². The zero-order chi connectivity index (χ0) is 14.5. The van der Waals surface area contributed by atoms with E-state index in [0.29, 0.717) is 15.6 Å². The maximum atomic E-state index is 13.0. The minimum absolute atomic E-state index is 0.344. The fraction of sp³-hybridized carbons (Fsp3) is 0. The van der Waals surface area contributed by atoms with Crippen molar-refractivity contribution in [2.24, 2.45) is 5.10 Å². The van der Waals surface area contributed by atoms with Crippen LogP contribution in [0.2, 0.25) is 0 Å². The summed E-state index contributed by atoms with van der Waals surface area (Å²) in [6, 6.07) is 10.2. The number of hydrogen-bond acceptors (Lipinski definition) is 2. The lowest BCUT2D eigenvalue weighted by Gasteiger charge is -2.02. The van der Waals surface area contributed by atoms with Crippen molar-refractivity contribution >= 4 is 28.1 Å². The average molecular weight is 339 g/mol. The molecule has 0 fully saturated rings. The van der Waals surface area contributed by atoms with Gasteiger partial charge in [-0.2, -0.15) is 5.10 Å². The quantitative estimate of drug-likeness (QED) is 0.675. The third-order valence-electron chi connectivity index (χ3n) is 2.44. The monoisotopic (exact) mass is 338 g/mol. The minimum atomic E-state index is -0.967. The number of nitrogens with one attached hydrogen (secondary N) is 1. The Morgan fingerprint density at radius 2 is 1.90 bits per heavy atom. The van der Waals surface area contributed by atoms with Gasteiger partial charge in [-0.15, -0.1) is 0 Å². The minimum Gasteiger partial charge on any atom is -0.267 e. The van der Waals surface area contributed by atoms with Crippen LogP contribution in [0.4, 0.5) is 8.78 Å². The smallest absolute Gasteiger partial charge is 0.267 e. The molecule has 0 aliphatic rings. The molecule has 20 heavy (non-hydrogen) atoms. The summed E-state index contributed by atoms with van der Waals surface area (Å²) in [6.45, 7) is 0. The van der Waals surface area contributed by atoms with E-state index in [1.165, 1.54) is 12.3 Å². The molecule has 2 rings (SSSR count). The van der Waals surface area contributed by atoms with Crippen molar-refractivity contribution < 1.29 is 13.6 Å². The normalized spacial score (nSPS) is 10.8. The van der Waals surface area contributed by atoms with Gasteiger partial charge in [-0.3, -0.25) is 4.79 Å². The molecule has 0 spiro atoms. The van der Waals surface area contributed by atoms with Gasteiger partial charge in [0.1, 0.15) is 0 Å². The fourth-order valence-corrected chi connectivity index (χ4v) is 1.93. The first kappa shape index (κ1) is 14.3. The van der Waals surface area contributed by atoms with Gasteiger partial charge in [-0.1, -0.05) is 18.2 Å². The Balaban J connectivity index is 2.05. The average Bonchev–Trinajstić information content (AvgIpc) is 2.43. The lowest BCUT2D eigenvalue weighted by molar-refractivity contribution is 0.0954. The Kier molecular flexibility index (Phi) is 4.57. The van der Waals surface area contributed by atoms with Crippen LogP contribution in [-0.2, 0) is 0 Å². The van der Waals surface area contributed by atoms with Crippen molar-refractivity contribution in [3.05, 3.63) is 69.7 Å². The molecule has 0 saturated heterocycles. The fourth-order valence-electron chi connectivity index (χ4n) is 1.46. The molecule has 3 nitrogen and oxygen atoms in total. The van der Waals surface area contributed by atoms with Gasteiger partial charge in [0.05, 0.1) is 11.8 Å². The Labute approximate surface area is 122 Å². The molecule has 0 aliphatic carbocycles. The molecule has 0 unspecified atom stereocenters. The van der Waals surface area contributed by atoms with Gasteiger partial charge >= 0.3 is 0 Å². The molecule has 0 aromatic heterocycles. The third-order valence-corrected chi connectivity index (χ3v) is 3.13. The summed E-state index contributed by atoms with van der Waals surface area (Å²) in [7, 11) is 0. The second-order valence-electron chi connectivity index (χ2n) is 3.85. The van der Waals surface area contributed by atoms with E-state index in [1.54, 1.807) is 24.3 Å².